The highest BCUT2D eigenvalue weighted by Crippen LogP contribution is 2.25. The maximum atomic E-state index is 14.0. The van der Waals surface area contributed by atoms with Crippen LogP contribution in [0.15, 0.2) is 35.2 Å². The molecular formula is C17H15BrCl2FNO2S. The second kappa shape index (κ2) is 9.24. The highest BCUT2D eigenvalue weighted by atomic mass is 79.9. The van der Waals surface area contributed by atoms with Crippen molar-refractivity contribution in [1.82, 2.24) is 5.32 Å². The molecule has 0 fully saturated rings. The van der Waals surface area contributed by atoms with Crippen LogP contribution in [0.3, 0.4) is 0 Å². The van der Waals surface area contributed by atoms with Gasteiger partial charge >= 0.3 is 0 Å². The van der Waals surface area contributed by atoms with E-state index >= 15 is 0 Å². The number of carbonyl (C=O) groups excluding carboxylic acids is 1. The molecule has 0 aliphatic rings. The van der Waals surface area contributed by atoms with E-state index in [1.165, 1.54) is 6.07 Å². The van der Waals surface area contributed by atoms with Crippen LogP contribution in [0.2, 0.25) is 10.0 Å². The summed E-state index contributed by atoms with van der Waals surface area (Å²) in [6.45, 7) is 1.93. The van der Waals surface area contributed by atoms with Crippen LogP contribution in [-0.4, -0.2) is 16.2 Å². The number of rotatable bonds is 6. The second-order valence-corrected chi connectivity index (χ2v) is 8.23. The van der Waals surface area contributed by atoms with E-state index in [1.54, 1.807) is 18.2 Å². The lowest BCUT2D eigenvalue weighted by Crippen LogP contribution is -2.24. The number of hydrogen-bond donors (Lipinski definition) is 1. The summed E-state index contributed by atoms with van der Waals surface area (Å²) in [6, 6.07) is 7.56. The molecule has 2 aromatic carbocycles. The van der Waals surface area contributed by atoms with Crippen LogP contribution in [0.5, 0.6) is 0 Å². The van der Waals surface area contributed by atoms with Crippen molar-refractivity contribution in [3.05, 3.63) is 62.9 Å². The fraction of sp³-hybridized carbons (Fsp3) is 0.235. The van der Waals surface area contributed by atoms with Gasteiger partial charge in [0.1, 0.15) is 11.6 Å². The molecular weight excluding hydrogens is 452 g/mol. The SMILES string of the molecule is CC[S+]([O-])c1ccc(Cl)cc1CNC(=O)c1cc(F)c(CBr)c(Cl)c1. The van der Waals surface area contributed by atoms with Gasteiger partial charge < -0.3 is 9.87 Å². The highest BCUT2D eigenvalue weighted by molar-refractivity contribution is 9.08. The fourth-order valence-corrected chi connectivity index (χ4v) is 4.36. The van der Waals surface area contributed by atoms with Crippen LogP contribution >= 0.6 is 39.1 Å². The lowest BCUT2D eigenvalue weighted by molar-refractivity contribution is 0.0950. The molecule has 0 heterocycles. The minimum Gasteiger partial charge on any atom is -0.611 e. The predicted octanol–water partition coefficient (Wildman–Crippen LogP) is 5.08. The van der Waals surface area contributed by atoms with Crippen LogP contribution in [0.25, 0.3) is 0 Å². The maximum Gasteiger partial charge on any atom is 0.251 e. The molecule has 0 saturated heterocycles. The Morgan fingerprint density at radius 3 is 2.64 bits per heavy atom. The molecule has 0 saturated carbocycles. The Morgan fingerprint density at radius 1 is 1.32 bits per heavy atom. The largest absolute Gasteiger partial charge is 0.611 e. The standard InChI is InChI=1S/C17H15BrCl2FNO2S/c1-2-25(24)16-4-3-12(19)5-11(16)9-22-17(23)10-6-14(20)13(8-18)15(21)7-10/h3-7H,2,8-9H2,1H3,(H,22,23). The lowest BCUT2D eigenvalue weighted by atomic mass is 10.1. The van der Waals surface area contributed by atoms with Gasteiger partial charge in [0.05, 0.1) is 0 Å². The first-order chi connectivity index (χ1) is 11.9. The van der Waals surface area contributed by atoms with Crippen molar-refractivity contribution in [2.75, 3.05) is 5.75 Å². The third-order valence-corrected chi connectivity index (χ3v) is 6.05. The van der Waals surface area contributed by atoms with Crippen molar-refractivity contribution < 1.29 is 13.7 Å². The fourth-order valence-electron chi connectivity index (χ4n) is 2.20. The number of benzene rings is 2. The van der Waals surface area contributed by atoms with Crippen LogP contribution in [0, 0.1) is 5.82 Å². The lowest BCUT2D eigenvalue weighted by Gasteiger charge is -2.14. The molecule has 0 aromatic heterocycles. The molecule has 0 aliphatic heterocycles. The molecule has 0 bridgehead atoms. The summed E-state index contributed by atoms with van der Waals surface area (Å²) in [5.74, 6) is -0.572. The number of nitrogens with one attached hydrogen (secondary N) is 1. The zero-order valence-electron chi connectivity index (χ0n) is 13.2. The number of alkyl halides is 1. The molecule has 8 heteroatoms. The van der Waals surface area contributed by atoms with Gasteiger partial charge in [0.15, 0.2) is 4.90 Å². The topological polar surface area (TPSA) is 52.2 Å². The average Bonchev–Trinajstić information content (AvgIpc) is 2.58. The monoisotopic (exact) mass is 465 g/mol. The zero-order chi connectivity index (χ0) is 18.6. The molecule has 134 valence electrons. The Balaban J connectivity index is 2.19. The summed E-state index contributed by atoms with van der Waals surface area (Å²) in [5.41, 5.74) is 1.07. The summed E-state index contributed by atoms with van der Waals surface area (Å²) in [6.07, 6.45) is 0. The van der Waals surface area contributed by atoms with Gasteiger partial charge in [-0.3, -0.25) is 4.79 Å². The summed E-state index contributed by atoms with van der Waals surface area (Å²) in [4.78, 5) is 12.9. The number of amides is 1. The van der Waals surface area contributed by atoms with E-state index in [1.807, 2.05) is 6.92 Å². The van der Waals surface area contributed by atoms with Crippen molar-refractivity contribution in [1.29, 1.82) is 0 Å². The van der Waals surface area contributed by atoms with Crippen molar-refractivity contribution >= 4 is 56.2 Å². The van der Waals surface area contributed by atoms with E-state index in [-0.39, 0.29) is 22.5 Å². The zero-order valence-corrected chi connectivity index (χ0v) is 17.2. The minimum atomic E-state index is -1.18. The second-order valence-electron chi connectivity index (χ2n) is 5.12. The van der Waals surface area contributed by atoms with E-state index in [2.05, 4.69) is 21.2 Å². The van der Waals surface area contributed by atoms with E-state index < -0.39 is 22.9 Å². The Kier molecular flexibility index (Phi) is 7.58. The molecule has 0 spiro atoms. The highest BCUT2D eigenvalue weighted by Gasteiger charge is 2.17. The van der Waals surface area contributed by atoms with Gasteiger partial charge in [-0.05, 0) is 48.4 Å². The summed E-state index contributed by atoms with van der Waals surface area (Å²) in [5, 5.41) is 3.60. The molecule has 1 N–H and O–H groups in total. The van der Waals surface area contributed by atoms with E-state index in [4.69, 9.17) is 23.2 Å². The number of carbonyl (C=O) groups is 1. The molecule has 1 amide bonds. The maximum absolute atomic E-state index is 14.0. The van der Waals surface area contributed by atoms with E-state index in [0.29, 0.717) is 26.8 Å². The van der Waals surface area contributed by atoms with Crippen molar-refractivity contribution in [3.8, 4) is 0 Å². The van der Waals surface area contributed by atoms with Crippen LogP contribution in [0.1, 0.15) is 28.4 Å². The van der Waals surface area contributed by atoms with Gasteiger partial charge in [0.2, 0.25) is 0 Å². The minimum absolute atomic E-state index is 0.118. The predicted molar refractivity (Wildman–Crippen MR) is 104 cm³/mol. The third kappa shape index (κ3) is 5.11. The first kappa shape index (κ1) is 20.5. The Morgan fingerprint density at radius 2 is 2.04 bits per heavy atom. The Hall–Kier alpha value is -0.790. The summed E-state index contributed by atoms with van der Waals surface area (Å²) >= 11 is 14.0. The average molecular weight is 467 g/mol. The molecule has 25 heavy (non-hydrogen) atoms. The smallest absolute Gasteiger partial charge is 0.251 e. The Labute approximate surface area is 167 Å². The van der Waals surface area contributed by atoms with Gasteiger partial charge in [-0.25, -0.2) is 4.39 Å². The molecule has 0 radical (unpaired) electrons. The van der Waals surface area contributed by atoms with Crippen molar-refractivity contribution in [2.45, 2.75) is 23.7 Å². The number of halogens is 4. The van der Waals surface area contributed by atoms with Crippen LogP contribution < -0.4 is 5.32 Å². The van der Waals surface area contributed by atoms with Crippen molar-refractivity contribution in [3.63, 3.8) is 0 Å². The summed E-state index contributed by atoms with van der Waals surface area (Å²) < 4.78 is 26.1. The van der Waals surface area contributed by atoms with Gasteiger partial charge in [-0.15, -0.1) is 0 Å². The molecule has 2 rings (SSSR count). The van der Waals surface area contributed by atoms with Gasteiger partial charge in [0, 0.05) is 38.6 Å². The molecule has 1 atom stereocenters. The number of hydrogen-bond acceptors (Lipinski definition) is 2. The van der Waals surface area contributed by atoms with Gasteiger partial charge in [-0.1, -0.05) is 39.1 Å². The molecule has 3 nitrogen and oxygen atoms in total. The molecule has 2 aromatic rings. The van der Waals surface area contributed by atoms with E-state index in [9.17, 15) is 13.7 Å². The normalized spacial score (nSPS) is 12.1. The molecule has 0 aliphatic carbocycles. The van der Waals surface area contributed by atoms with E-state index in [0.717, 1.165) is 6.07 Å². The van der Waals surface area contributed by atoms with Crippen LogP contribution in [-0.2, 0) is 23.1 Å². The summed E-state index contributed by atoms with van der Waals surface area (Å²) in [7, 11) is 0. The van der Waals surface area contributed by atoms with Gasteiger partial charge in [-0.2, -0.15) is 0 Å². The van der Waals surface area contributed by atoms with Crippen LogP contribution in [0.4, 0.5) is 4.39 Å². The van der Waals surface area contributed by atoms with Gasteiger partial charge in [0.25, 0.3) is 5.91 Å². The first-order valence-corrected chi connectivity index (χ1v) is 10.6. The molecule has 1 unspecified atom stereocenters. The van der Waals surface area contributed by atoms with Crippen molar-refractivity contribution in [2.24, 2.45) is 0 Å². The Bertz CT molecular complexity index is 768. The quantitative estimate of drug-likeness (QED) is 0.476. The third-order valence-electron chi connectivity index (χ3n) is 3.51. The first-order valence-electron chi connectivity index (χ1n) is 7.36.